The highest BCUT2D eigenvalue weighted by molar-refractivity contribution is 5.84. The SMILES string of the molecule is N#Cc1nccc(NC2CCN(Cc3ccc(-n4c(-c5cccnc5N)nc5ccc(-c6cnc(F)cn6)nc54)cc3)CC2)n1. The van der Waals surface area contributed by atoms with Crippen molar-refractivity contribution in [3.63, 3.8) is 0 Å². The summed E-state index contributed by atoms with van der Waals surface area (Å²) in [5, 5.41) is 12.5. The van der Waals surface area contributed by atoms with Crippen LogP contribution < -0.4 is 11.1 Å². The van der Waals surface area contributed by atoms with Gasteiger partial charge < -0.3 is 11.1 Å². The van der Waals surface area contributed by atoms with E-state index in [1.807, 2.05) is 28.8 Å². The first kappa shape index (κ1) is 27.9. The average molecular weight is 599 g/mol. The highest BCUT2D eigenvalue weighted by atomic mass is 19.1. The number of benzene rings is 1. The Morgan fingerprint density at radius 3 is 2.49 bits per heavy atom. The number of hydrogen-bond donors (Lipinski definition) is 2. The third-order valence-corrected chi connectivity index (χ3v) is 7.76. The molecule has 3 N–H and O–H groups in total. The summed E-state index contributed by atoms with van der Waals surface area (Å²) in [4.78, 5) is 32.5. The number of imidazole rings is 1. The molecule has 1 fully saturated rings. The summed E-state index contributed by atoms with van der Waals surface area (Å²) in [5.41, 5.74) is 11.3. The second kappa shape index (κ2) is 12.0. The molecule has 0 atom stereocenters. The molecule has 13 heteroatoms. The number of anilines is 2. The maximum absolute atomic E-state index is 13.4. The summed E-state index contributed by atoms with van der Waals surface area (Å²) in [7, 11) is 0. The van der Waals surface area contributed by atoms with Crippen molar-refractivity contribution < 1.29 is 4.39 Å². The lowest BCUT2D eigenvalue weighted by atomic mass is 10.0. The maximum atomic E-state index is 13.4. The molecule has 6 heterocycles. The zero-order valence-electron chi connectivity index (χ0n) is 24.0. The Labute approximate surface area is 257 Å². The van der Waals surface area contributed by atoms with E-state index in [-0.39, 0.29) is 11.9 Å². The molecule has 6 aromatic rings. The summed E-state index contributed by atoms with van der Waals surface area (Å²) in [5.74, 6) is 1.16. The van der Waals surface area contributed by atoms with Gasteiger partial charge in [0.15, 0.2) is 11.5 Å². The topological polar surface area (TPSA) is 160 Å². The van der Waals surface area contributed by atoms with Crippen molar-refractivity contribution in [2.75, 3.05) is 24.1 Å². The zero-order valence-corrected chi connectivity index (χ0v) is 24.0. The molecule has 1 aliphatic rings. The lowest BCUT2D eigenvalue weighted by molar-refractivity contribution is 0.211. The van der Waals surface area contributed by atoms with Crippen LogP contribution in [0.3, 0.4) is 0 Å². The third-order valence-electron chi connectivity index (χ3n) is 7.76. The van der Waals surface area contributed by atoms with Crippen LogP contribution in [0.4, 0.5) is 16.0 Å². The molecule has 7 rings (SSSR count). The van der Waals surface area contributed by atoms with Crippen LogP contribution in [0.25, 0.3) is 39.6 Å². The molecule has 5 aromatic heterocycles. The number of pyridine rings is 2. The number of likely N-dealkylation sites (tertiary alicyclic amines) is 1. The largest absolute Gasteiger partial charge is 0.383 e. The van der Waals surface area contributed by atoms with Crippen molar-refractivity contribution in [3.05, 3.63) is 96.7 Å². The minimum absolute atomic E-state index is 0.166. The Balaban J connectivity index is 1.13. The molecule has 0 aliphatic carbocycles. The van der Waals surface area contributed by atoms with Crippen molar-refractivity contribution in [1.82, 2.24) is 44.4 Å². The van der Waals surface area contributed by atoms with Gasteiger partial charge in [0, 0.05) is 43.8 Å². The van der Waals surface area contributed by atoms with Crippen LogP contribution in [0.5, 0.6) is 0 Å². The summed E-state index contributed by atoms with van der Waals surface area (Å²) >= 11 is 0. The van der Waals surface area contributed by atoms with E-state index in [1.54, 1.807) is 24.5 Å². The Hall–Kier alpha value is -5.87. The van der Waals surface area contributed by atoms with Gasteiger partial charge in [-0.2, -0.15) is 9.65 Å². The molecule has 45 heavy (non-hydrogen) atoms. The molecule has 1 saturated heterocycles. The molecule has 0 spiro atoms. The third kappa shape index (κ3) is 5.86. The fourth-order valence-corrected chi connectivity index (χ4v) is 5.52. The molecule has 0 saturated carbocycles. The molecule has 222 valence electrons. The van der Waals surface area contributed by atoms with Gasteiger partial charge in [0.05, 0.1) is 23.7 Å². The summed E-state index contributed by atoms with van der Waals surface area (Å²) in [6, 6.07) is 19.7. The Kier molecular flexibility index (Phi) is 7.46. The number of nitrogens with zero attached hydrogens (tertiary/aromatic N) is 10. The predicted octanol–water partition coefficient (Wildman–Crippen LogP) is 4.40. The molecule has 0 bridgehead atoms. The molecule has 0 amide bonds. The summed E-state index contributed by atoms with van der Waals surface area (Å²) < 4.78 is 15.4. The fraction of sp³-hybridized carbons (Fsp3) is 0.188. The Bertz CT molecular complexity index is 2010. The van der Waals surface area contributed by atoms with Gasteiger partial charge in [-0.1, -0.05) is 12.1 Å². The highest BCUT2D eigenvalue weighted by Crippen LogP contribution is 2.31. The number of halogens is 1. The summed E-state index contributed by atoms with van der Waals surface area (Å²) in [6.07, 6.45) is 7.60. The van der Waals surface area contributed by atoms with Gasteiger partial charge in [0.1, 0.15) is 28.9 Å². The van der Waals surface area contributed by atoms with E-state index in [4.69, 9.17) is 21.0 Å². The van der Waals surface area contributed by atoms with Gasteiger partial charge in [0.25, 0.3) is 0 Å². The molecule has 0 unspecified atom stereocenters. The summed E-state index contributed by atoms with van der Waals surface area (Å²) in [6.45, 7) is 2.69. The number of nitrogen functional groups attached to an aromatic ring is 1. The number of fused-ring (bicyclic) bond motifs is 1. The van der Waals surface area contributed by atoms with Crippen molar-refractivity contribution in [1.29, 1.82) is 5.26 Å². The number of nitriles is 1. The lowest BCUT2D eigenvalue weighted by Gasteiger charge is -2.32. The Morgan fingerprint density at radius 1 is 0.889 bits per heavy atom. The molecule has 12 nitrogen and oxygen atoms in total. The van der Waals surface area contributed by atoms with Crippen molar-refractivity contribution in [2.24, 2.45) is 0 Å². The number of aromatic nitrogens is 8. The predicted molar refractivity (Wildman–Crippen MR) is 166 cm³/mol. The molecular weight excluding hydrogens is 571 g/mol. The monoisotopic (exact) mass is 598 g/mol. The van der Waals surface area contributed by atoms with E-state index in [0.717, 1.165) is 44.4 Å². The van der Waals surface area contributed by atoms with E-state index in [2.05, 4.69) is 59.4 Å². The quantitative estimate of drug-likeness (QED) is 0.268. The standard InChI is InChI=1S/C32H27FN12/c33-27-18-38-26(17-39-27)24-7-8-25-32(41-24)45(31(42-25)23-2-1-12-37-30(23)35)22-5-3-20(4-6-22)19-44-14-10-21(11-15-44)40-28-9-13-36-29(16-34)43-28/h1-9,12-13,17-18,21H,10-11,14-15,19H2,(H2,35,37)(H,36,40,43). The van der Waals surface area contributed by atoms with Crippen LogP contribution in [0, 0.1) is 17.3 Å². The van der Waals surface area contributed by atoms with E-state index in [1.165, 1.54) is 11.8 Å². The van der Waals surface area contributed by atoms with Crippen LogP contribution in [0.15, 0.2) is 79.4 Å². The van der Waals surface area contributed by atoms with Crippen LogP contribution in [0.1, 0.15) is 24.2 Å². The Morgan fingerprint density at radius 2 is 1.73 bits per heavy atom. The lowest BCUT2D eigenvalue weighted by Crippen LogP contribution is -2.38. The highest BCUT2D eigenvalue weighted by Gasteiger charge is 2.21. The van der Waals surface area contributed by atoms with Crippen LogP contribution >= 0.6 is 0 Å². The van der Waals surface area contributed by atoms with Gasteiger partial charge in [-0.3, -0.25) is 9.47 Å². The first-order chi connectivity index (χ1) is 22.0. The van der Waals surface area contributed by atoms with Gasteiger partial charge in [-0.15, -0.1) is 0 Å². The van der Waals surface area contributed by atoms with E-state index in [9.17, 15) is 4.39 Å². The number of nitrogens with one attached hydrogen (secondary N) is 1. The van der Waals surface area contributed by atoms with Crippen molar-refractivity contribution in [2.45, 2.75) is 25.4 Å². The van der Waals surface area contributed by atoms with Gasteiger partial charge >= 0.3 is 0 Å². The second-order valence-corrected chi connectivity index (χ2v) is 10.7. The van der Waals surface area contributed by atoms with Gasteiger partial charge in [-0.25, -0.2) is 34.9 Å². The van der Waals surface area contributed by atoms with Crippen molar-refractivity contribution in [3.8, 4) is 34.5 Å². The minimum atomic E-state index is -0.655. The van der Waals surface area contributed by atoms with E-state index in [0.29, 0.717) is 45.6 Å². The maximum Gasteiger partial charge on any atom is 0.234 e. The molecule has 1 aromatic carbocycles. The van der Waals surface area contributed by atoms with Crippen LogP contribution in [-0.4, -0.2) is 63.5 Å². The van der Waals surface area contributed by atoms with Crippen molar-refractivity contribution >= 4 is 22.8 Å². The first-order valence-electron chi connectivity index (χ1n) is 14.4. The van der Waals surface area contributed by atoms with E-state index < -0.39 is 5.95 Å². The second-order valence-electron chi connectivity index (χ2n) is 10.7. The average Bonchev–Trinajstić information content (AvgIpc) is 3.45. The normalized spacial score (nSPS) is 14.0. The van der Waals surface area contributed by atoms with Gasteiger partial charge in [-0.05, 0) is 60.9 Å². The first-order valence-corrected chi connectivity index (χ1v) is 14.4. The minimum Gasteiger partial charge on any atom is -0.383 e. The smallest absolute Gasteiger partial charge is 0.234 e. The molecular formula is C32H27FN12. The zero-order chi connectivity index (χ0) is 30.8. The fourth-order valence-electron chi connectivity index (χ4n) is 5.52. The molecule has 1 aliphatic heterocycles. The number of hydrogen-bond acceptors (Lipinski definition) is 11. The number of nitrogens with two attached hydrogens (primary N) is 1. The van der Waals surface area contributed by atoms with Gasteiger partial charge in [0.2, 0.25) is 11.8 Å². The van der Waals surface area contributed by atoms with Crippen LogP contribution in [-0.2, 0) is 6.54 Å². The number of piperidine rings is 1. The number of rotatable bonds is 7. The van der Waals surface area contributed by atoms with E-state index >= 15 is 0 Å². The molecule has 0 radical (unpaired) electrons. The van der Waals surface area contributed by atoms with Crippen LogP contribution in [0.2, 0.25) is 0 Å².